The Kier molecular flexibility index (Phi) is 7.06. The van der Waals surface area contributed by atoms with Gasteiger partial charge in [0.2, 0.25) is 15.9 Å². The molecule has 0 spiro atoms. The van der Waals surface area contributed by atoms with Crippen molar-refractivity contribution in [3.05, 3.63) is 47.5 Å². The lowest BCUT2D eigenvalue weighted by Crippen LogP contribution is -2.37. The molecule has 0 saturated heterocycles. The summed E-state index contributed by atoms with van der Waals surface area (Å²) in [5, 5.41) is 3.06. The normalized spacial score (nSPS) is 11.3. The zero-order chi connectivity index (χ0) is 20.0. The Morgan fingerprint density at radius 2 is 1.78 bits per heavy atom. The van der Waals surface area contributed by atoms with Gasteiger partial charge in [0.15, 0.2) is 0 Å². The smallest absolute Gasteiger partial charge is 0.243 e. The second kappa shape index (κ2) is 9.07. The van der Waals surface area contributed by atoms with Crippen LogP contribution in [0, 0.1) is 0 Å². The van der Waals surface area contributed by atoms with E-state index in [2.05, 4.69) is 5.32 Å². The van der Waals surface area contributed by atoms with Crippen molar-refractivity contribution in [3.63, 3.8) is 0 Å². The minimum atomic E-state index is -3.83. The summed E-state index contributed by atoms with van der Waals surface area (Å²) in [7, 11) is -0.868. The average Bonchev–Trinajstić information content (AvgIpc) is 2.66. The minimum Gasteiger partial charge on any atom is -0.497 e. The van der Waals surface area contributed by atoms with E-state index >= 15 is 0 Å². The van der Waals surface area contributed by atoms with Crippen LogP contribution in [0.25, 0.3) is 0 Å². The van der Waals surface area contributed by atoms with E-state index in [0.717, 1.165) is 4.31 Å². The quantitative estimate of drug-likeness (QED) is 0.720. The van der Waals surface area contributed by atoms with Crippen molar-refractivity contribution in [1.29, 1.82) is 0 Å². The van der Waals surface area contributed by atoms with Crippen molar-refractivity contribution in [3.8, 4) is 11.5 Å². The third-order valence-corrected chi connectivity index (χ3v) is 5.98. The SMILES string of the molecule is CCN(CC(=O)Nc1cc(Cl)ccc1OC)S(=O)(=O)c1ccc(OC)cc1. The highest BCUT2D eigenvalue weighted by Crippen LogP contribution is 2.27. The van der Waals surface area contributed by atoms with Gasteiger partial charge in [-0.25, -0.2) is 8.42 Å². The van der Waals surface area contributed by atoms with Gasteiger partial charge in [0.05, 0.1) is 31.3 Å². The minimum absolute atomic E-state index is 0.0817. The van der Waals surface area contributed by atoms with Crippen LogP contribution in [0.5, 0.6) is 11.5 Å². The molecule has 0 heterocycles. The van der Waals surface area contributed by atoms with Crippen LogP contribution in [-0.4, -0.2) is 45.9 Å². The van der Waals surface area contributed by atoms with Crippen LogP contribution in [0.4, 0.5) is 5.69 Å². The molecule has 0 unspecified atom stereocenters. The summed E-state index contributed by atoms with van der Waals surface area (Å²) in [5.74, 6) is 0.464. The number of likely N-dealkylation sites (N-methyl/N-ethyl adjacent to an activating group) is 1. The van der Waals surface area contributed by atoms with E-state index in [1.807, 2.05) is 0 Å². The van der Waals surface area contributed by atoms with Crippen LogP contribution < -0.4 is 14.8 Å². The fraction of sp³-hybridized carbons (Fsp3) is 0.278. The van der Waals surface area contributed by atoms with Crippen molar-refractivity contribution in [1.82, 2.24) is 4.31 Å². The van der Waals surface area contributed by atoms with Crippen LogP contribution >= 0.6 is 11.6 Å². The van der Waals surface area contributed by atoms with Crippen molar-refractivity contribution in [2.24, 2.45) is 0 Å². The fourth-order valence-corrected chi connectivity index (χ4v) is 3.97. The highest BCUT2D eigenvalue weighted by Gasteiger charge is 2.25. The molecule has 0 aromatic heterocycles. The predicted octanol–water partition coefficient (Wildman–Crippen LogP) is 3.01. The number of nitrogens with one attached hydrogen (secondary N) is 1. The Bertz CT molecular complexity index is 900. The maximum atomic E-state index is 12.8. The first kappa shape index (κ1) is 21.0. The lowest BCUT2D eigenvalue weighted by Gasteiger charge is -2.20. The summed E-state index contributed by atoms with van der Waals surface area (Å²) < 4.78 is 36.9. The molecule has 0 radical (unpaired) electrons. The lowest BCUT2D eigenvalue weighted by molar-refractivity contribution is -0.116. The number of anilines is 1. The van der Waals surface area contributed by atoms with Gasteiger partial charge in [-0.15, -0.1) is 0 Å². The molecule has 0 atom stereocenters. The Hall–Kier alpha value is -2.29. The van der Waals surface area contributed by atoms with Gasteiger partial charge in [-0.05, 0) is 42.5 Å². The number of rotatable bonds is 8. The van der Waals surface area contributed by atoms with Crippen LogP contribution in [0.2, 0.25) is 5.02 Å². The van der Waals surface area contributed by atoms with Crippen LogP contribution in [0.1, 0.15) is 6.92 Å². The molecular formula is C18H21ClN2O5S. The maximum Gasteiger partial charge on any atom is 0.243 e. The highest BCUT2D eigenvalue weighted by molar-refractivity contribution is 7.89. The number of halogens is 1. The number of hydrogen-bond acceptors (Lipinski definition) is 5. The molecular weight excluding hydrogens is 392 g/mol. The first-order chi connectivity index (χ1) is 12.8. The van der Waals surface area contributed by atoms with Gasteiger partial charge in [-0.1, -0.05) is 18.5 Å². The summed E-state index contributed by atoms with van der Waals surface area (Å²) in [6.45, 7) is 1.45. The van der Waals surface area contributed by atoms with Crippen molar-refractivity contribution < 1.29 is 22.7 Å². The Morgan fingerprint density at radius 3 is 2.33 bits per heavy atom. The van der Waals surface area contributed by atoms with E-state index in [0.29, 0.717) is 22.2 Å². The summed E-state index contributed by atoms with van der Waals surface area (Å²) in [4.78, 5) is 12.5. The fourth-order valence-electron chi connectivity index (χ4n) is 2.39. The number of nitrogens with zero attached hydrogens (tertiary/aromatic N) is 1. The molecule has 0 aliphatic carbocycles. The van der Waals surface area contributed by atoms with Crippen LogP contribution in [0.15, 0.2) is 47.4 Å². The second-order valence-electron chi connectivity index (χ2n) is 5.50. The Labute approximate surface area is 163 Å². The van der Waals surface area contributed by atoms with Gasteiger partial charge in [-0.3, -0.25) is 4.79 Å². The van der Waals surface area contributed by atoms with Gasteiger partial charge < -0.3 is 14.8 Å². The standard InChI is InChI=1S/C18H21ClN2O5S/c1-4-21(27(23,24)15-8-6-14(25-2)7-9-15)12-18(22)20-16-11-13(19)5-10-17(16)26-3/h5-11H,4,12H2,1-3H3,(H,20,22). The van der Waals surface area contributed by atoms with E-state index in [-0.39, 0.29) is 18.0 Å². The number of amides is 1. The molecule has 146 valence electrons. The van der Waals surface area contributed by atoms with Gasteiger partial charge in [0.25, 0.3) is 0 Å². The lowest BCUT2D eigenvalue weighted by atomic mass is 10.3. The largest absolute Gasteiger partial charge is 0.497 e. The van der Waals surface area contributed by atoms with E-state index in [1.54, 1.807) is 31.2 Å². The van der Waals surface area contributed by atoms with Crippen molar-refractivity contribution >= 4 is 33.2 Å². The summed E-state index contributed by atoms with van der Waals surface area (Å²) in [6.07, 6.45) is 0. The van der Waals surface area contributed by atoms with E-state index in [1.165, 1.54) is 32.4 Å². The molecule has 1 N–H and O–H groups in total. The molecule has 0 aliphatic heterocycles. The number of carbonyl (C=O) groups is 1. The molecule has 7 nitrogen and oxygen atoms in total. The van der Waals surface area contributed by atoms with Crippen LogP contribution in [-0.2, 0) is 14.8 Å². The van der Waals surface area contributed by atoms with E-state index < -0.39 is 15.9 Å². The summed E-state index contributed by atoms with van der Waals surface area (Å²) in [6, 6.07) is 10.8. The monoisotopic (exact) mass is 412 g/mol. The molecule has 2 aromatic rings. The summed E-state index contributed by atoms with van der Waals surface area (Å²) >= 11 is 5.94. The molecule has 2 rings (SSSR count). The molecule has 0 fully saturated rings. The summed E-state index contributed by atoms with van der Waals surface area (Å²) in [5.41, 5.74) is 0.368. The van der Waals surface area contributed by atoms with Gasteiger partial charge in [0.1, 0.15) is 11.5 Å². The van der Waals surface area contributed by atoms with Crippen molar-refractivity contribution in [2.45, 2.75) is 11.8 Å². The van der Waals surface area contributed by atoms with Crippen LogP contribution in [0.3, 0.4) is 0 Å². The molecule has 0 aliphatic rings. The Balaban J connectivity index is 2.17. The zero-order valence-corrected chi connectivity index (χ0v) is 16.8. The number of benzene rings is 2. The van der Waals surface area contributed by atoms with Gasteiger partial charge in [0, 0.05) is 11.6 Å². The number of ether oxygens (including phenoxy) is 2. The second-order valence-corrected chi connectivity index (χ2v) is 7.87. The third-order valence-electron chi connectivity index (χ3n) is 3.81. The molecule has 0 saturated carbocycles. The third kappa shape index (κ3) is 5.12. The number of methoxy groups -OCH3 is 2. The first-order valence-electron chi connectivity index (χ1n) is 8.09. The first-order valence-corrected chi connectivity index (χ1v) is 9.91. The average molecular weight is 413 g/mol. The molecule has 1 amide bonds. The number of sulfonamides is 1. The molecule has 27 heavy (non-hydrogen) atoms. The van der Waals surface area contributed by atoms with Gasteiger partial charge in [-0.2, -0.15) is 4.31 Å². The highest BCUT2D eigenvalue weighted by atomic mass is 35.5. The predicted molar refractivity (Wildman–Crippen MR) is 104 cm³/mol. The number of hydrogen-bond donors (Lipinski definition) is 1. The van der Waals surface area contributed by atoms with Crippen molar-refractivity contribution in [2.75, 3.05) is 32.6 Å². The number of carbonyl (C=O) groups excluding carboxylic acids is 1. The molecule has 0 bridgehead atoms. The van der Waals surface area contributed by atoms with E-state index in [4.69, 9.17) is 21.1 Å². The van der Waals surface area contributed by atoms with Gasteiger partial charge >= 0.3 is 0 Å². The topological polar surface area (TPSA) is 84.9 Å². The van der Waals surface area contributed by atoms with E-state index in [9.17, 15) is 13.2 Å². The molecule has 9 heteroatoms. The Morgan fingerprint density at radius 1 is 1.11 bits per heavy atom. The zero-order valence-electron chi connectivity index (χ0n) is 15.2. The maximum absolute atomic E-state index is 12.8. The molecule has 2 aromatic carbocycles.